The monoisotopic (exact) mass is 488 g/mol. The minimum atomic E-state index is -0.490. The molecule has 2 rings (SSSR count). The molecule has 0 saturated carbocycles. The summed E-state index contributed by atoms with van der Waals surface area (Å²) in [4.78, 5) is 23.1. The van der Waals surface area contributed by atoms with Crippen LogP contribution in [0.3, 0.4) is 0 Å². The van der Waals surface area contributed by atoms with Crippen molar-refractivity contribution in [3.05, 3.63) is 24.4 Å². The van der Waals surface area contributed by atoms with Crippen molar-refractivity contribution in [3.8, 4) is 0 Å². The van der Waals surface area contributed by atoms with Crippen LogP contribution in [0.2, 0.25) is 0 Å². The average molecular weight is 488 g/mol. The van der Waals surface area contributed by atoms with Gasteiger partial charge in [-0.05, 0) is 45.7 Å². The van der Waals surface area contributed by atoms with E-state index in [-0.39, 0.29) is 29.9 Å². The summed E-state index contributed by atoms with van der Waals surface area (Å²) in [5.74, 6) is 1.84. The number of aliphatic imine (C=N–C) groups is 1. The highest BCUT2D eigenvalue weighted by atomic mass is 127. The smallest absolute Gasteiger partial charge is 0.227 e. The van der Waals surface area contributed by atoms with Gasteiger partial charge < -0.3 is 20.9 Å². The summed E-state index contributed by atoms with van der Waals surface area (Å²) < 4.78 is 0. The van der Waals surface area contributed by atoms with Crippen LogP contribution in [-0.4, -0.2) is 56.1 Å². The molecule has 1 aromatic rings. The van der Waals surface area contributed by atoms with Gasteiger partial charge in [0.2, 0.25) is 5.91 Å². The van der Waals surface area contributed by atoms with Crippen molar-refractivity contribution in [1.82, 2.24) is 20.9 Å². The second kappa shape index (κ2) is 11.3. The predicted molar refractivity (Wildman–Crippen MR) is 122 cm³/mol. The van der Waals surface area contributed by atoms with E-state index in [0.717, 1.165) is 37.7 Å². The zero-order chi connectivity index (χ0) is 19.0. The van der Waals surface area contributed by atoms with Crippen LogP contribution in [0, 0.1) is 5.41 Å². The normalized spacial score (nSPS) is 15.7. The number of halogens is 1. The molecule has 0 unspecified atom stereocenters. The second-order valence-electron chi connectivity index (χ2n) is 7.26. The van der Waals surface area contributed by atoms with Crippen molar-refractivity contribution in [2.24, 2.45) is 10.4 Å². The lowest BCUT2D eigenvalue weighted by Gasteiger charge is -2.34. The highest BCUT2D eigenvalue weighted by Gasteiger charge is 2.28. The zero-order valence-electron chi connectivity index (χ0n) is 16.8. The number of amides is 1. The Morgan fingerprint density at radius 2 is 2.00 bits per heavy atom. The molecule has 1 aromatic heterocycles. The van der Waals surface area contributed by atoms with Gasteiger partial charge in [-0.15, -0.1) is 24.0 Å². The van der Waals surface area contributed by atoms with Gasteiger partial charge in [0, 0.05) is 45.5 Å². The van der Waals surface area contributed by atoms with E-state index in [4.69, 9.17) is 0 Å². The summed E-state index contributed by atoms with van der Waals surface area (Å²) in [6, 6.07) is 6.39. The molecule has 152 valence electrons. The molecule has 0 radical (unpaired) electrons. The highest BCUT2D eigenvalue weighted by molar-refractivity contribution is 14.0. The van der Waals surface area contributed by atoms with Crippen molar-refractivity contribution >= 4 is 41.7 Å². The fraction of sp³-hybridized carbons (Fsp3) is 0.632. The van der Waals surface area contributed by atoms with Crippen LogP contribution in [0.5, 0.6) is 0 Å². The van der Waals surface area contributed by atoms with E-state index in [1.54, 1.807) is 7.05 Å². The van der Waals surface area contributed by atoms with Crippen LogP contribution < -0.4 is 20.9 Å². The first-order chi connectivity index (χ1) is 12.5. The number of carbonyl (C=O) groups excluding carboxylic acids is 1. The van der Waals surface area contributed by atoms with Crippen LogP contribution in [0.1, 0.15) is 33.6 Å². The fourth-order valence-corrected chi connectivity index (χ4v) is 2.97. The molecule has 1 fully saturated rings. The predicted octanol–water partition coefficient (Wildman–Crippen LogP) is 2.00. The van der Waals surface area contributed by atoms with Gasteiger partial charge in [-0.3, -0.25) is 9.79 Å². The molecule has 1 aliphatic rings. The Balaban J connectivity index is 0.00000364. The molecule has 1 aliphatic heterocycles. The maximum atomic E-state index is 12.1. The Hall–Kier alpha value is -1.58. The topological polar surface area (TPSA) is 81.6 Å². The number of hydrogen-bond acceptors (Lipinski definition) is 4. The van der Waals surface area contributed by atoms with Crippen LogP contribution in [0.25, 0.3) is 0 Å². The van der Waals surface area contributed by atoms with Gasteiger partial charge >= 0.3 is 0 Å². The second-order valence-corrected chi connectivity index (χ2v) is 7.26. The van der Waals surface area contributed by atoms with Crippen molar-refractivity contribution in [3.63, 3.8) is 0 Å². The molecule has 0 atom stereocenters. The summed E-state index contributed by atoms with van der Waals surface area (Å²) in [6.07, 6.45) is 3.88. The maximum Gasteiger partial charge on any atom is 0.227 e. The molecular weight excluding hydrogens is 455 g/mol. The molecule has 2 heterocycles. The van der Waals surface area contributed by atoms with E-state index >= 15 is 0 Å². The number of anilines is 1. The quantitative estimate of drug-likeness (QED) is 0.324. The summed E-state index contributed by atoms with van der Waals surface area (Å²) in [5.41, 5.74) is -0.490. The number of guanidine groups is 1. The standard InChI is InChI=1S/C19H32N6O.HI/c1-5-21-17(26)19(2,3)14-23-18(20-4)24-15-9-12-25(13-10-15)16-8-6-7-11-22-16;/h6-8,11,15H,5,9-10,12-14H2,1-4H3,(H,21,26)(H2,20,23,24);1H. The lowest BCUT2D eigenvalue weighted by Crippen LogP contribution is -2.52. The largest absolute Gasteiger partial charge is 0.356 e. The molecule has 0 aromatic carbocycles. The Labute approximate surface area is 179 Å². The van der Waals surface area contributed by atoms with Crippen molar-refractivity contribution in [1.29, 1.82) is 0 Å². The number of nitrogens with zero attached hydrogens (tertiary/aromatic N) is 3. The van der Waals surface area contributed by atoms with Gasteiger partial charge in [0.05, 0.1) is 5.41 Å². The summed E-state index contributed by atoms with van der Waals surface area (Å²) >= 11 is 0. The van der Waals surface area contributed by atoms with Gasteiger partial charge in [-0.1, -0.05) is 6.07 Å². The number of hydrogen-bond donors (Lipinski definition) is 3. The molecule has 7 nitrogen and oxygen atoms in total. The lowest BCUT2D eigenvalue weighted by atomic mass is 9.92. The maximum absolute atomic E-state index is 12.1. The van der Waals surface area contributed by atoms with Gasteiger partial charge in [0.25, 0.3) is 0 Å². The van der Waals surface area contributed by atoms with Crippen molar-refractivity contribution < 1.29 is 4.79 Å². The van der Waals surface area contributed by atoms with E-state index in [1.165, 1.54) is 0 Å². The van der Waals surface area contributed by atoms with E-state index < -0.39 is 5.41 Å². The number of nitrogens with one attached hydrogen (secondary N) is 3. The SMILES string of the molecule is CCNC(=O)C(C)(C)CNC(=NC)NC1CCN(c2ccccn2)CC1.I. The molecule has 3 N–H and O–H groups in total. The molecule has 8 heteroatoms. The van der Waals surface area contributed by atoms with Crippen LogP contribution in [-0.2, 0) is 4.79 Å². The van der Waals surface area contributed by atoms with Crippen molar-refractivity contribution in [2.75, 3.05) is 38.1 Å². The van der Waals surface area contributed by atoms with Crippen LogP contribution in [0.15, 0.2) is 29.4 Å². The van der Waals surface area contributed by atoms with Gasteiger partial charge in [-0.25, -0.2) is 4.98 Å². The Bertz CT molecular complexity index is 599. The molecule has 0 spiro atoms. The molecule has 1 saturated heterocycles. The third-order valence-electron chi connectivity index (χ3n) is 4.68. The number of aromatic nitrogens is 1. The minimum absolute atomic E-state index is 0. The number of pyridine rings is 1. The van der Waals surface area contributed by atoms with E-state index in [2.05, 4.69) is 36.9 Å². The molecule has 0 bridgehead atoms. The number of rotatable bonds is 6. The Kier molecular flexibility index (Phi) is 9.82. The van der Waals surface area contributed by atoms with E-state index in [0.29, 0.717) is 19.1 Å². The minimum Gasteiger partial charge on any atom is -0.356 e. The highest BCUT2D eigenvalue weighted by Crippen LogP contribution is 2.17. The van der Waals surface area contributed by atoms with E-state index in [9.17, 15) is 4.79 Å². The Morgan fingerprint density at radius 3 is 2.56 bits per heavy atom. The first-order valence-corrected chi connectivity index (χ1v) is 9.37. The van der Waals surface area contributed by atoms with Crippen LogP contribution in [0.4, 0.5) is 5.82 Å². The number of piperidine rings is 1. The molecule has 0 aliphatic carbocycles. The van der Waals surface area contributed by atoms with E-state index in [1.807, 2.05) is 39.1 Å². The third-order valence-corrected chi connectivity index (χ3v) is 4.68. The molecule has 27 heavy (non-hydrogen) atoms. The summed E-state index contributed by atoms with van der Waals surface area (Å²) in [7, 11) is 1.76. The molecular formula is C19H33IN6O. The third kappa shape index (κ3) is 7.15. The summed E-state index contributed by atoms with van der Waals surface area (Å²) in [5, 5.41) is 9.65. The average Bonchev–Trinajstić information content (AvgIpc) is 2.66. The van der Waals surface area contributed by atoms with Gasteiger partial charge in [0.15, 0.2) is 5.96 Å². The van der Waals surface area contributed by atoms with Gasteiger partial charge in [-0.2, -0.15) is 0 Å². The zero-order valence-corrected chi connectivity index (χ0v) is 19.1. The van der Waals surface area contributed by atoms with Gasteiger partial charge in [0.1, 0.15) is 5.82 Å². The summed E-state index contributed by atoms with van der Waals surface area (Å²) in [6.45, 7) is 8.91. The number of carbonyl (C=O) groups is 1. The fourth-order valence-electron chi connectivity index (χ4n) is 2.97. The van der Waals surface area contributed by atoms with Crippen molar-refractivity contribution in [2.45, 2.75) is 39.7 Å². The first kappa shape index (κ1) is 23.5. The first-order valence-electron chi connectivity index (χ1n) is 9.37. The molecule has 1 amide bonds. The van der Waals surface area contributed by atoms with Crippen LogP contribution >= 0.6 is 24.0 Å². The Morgan fingerprint density at radius 1 is 1.30 bits per heavy atom. The lowest BCUT2D eigenvalue weighted by molar-refractivity contribution is -0.128.